The van der Waals surface area contributed by atoms with Crippen molar-refractivity contribution in [1.82, 2.24) is 29.1 Å². The molecule has 0 amide bonds. The number of benzene rings is 1. The highest BCUT2D eigenvalue weighted by atomic mass is 16.5. The van der Waals surface area contributed by atoms with Gasteiger partial charge in [0.05, 0.1) is 25.6 Å². The van der Waals surface area contributed by atoms with E-state index in [0.717, 1.165) is 64.1 Å². The molecule has 4 aromatic heterocycles. The van der Waals surface area contributed by atoms with E-state index in [1.807, 2.05) is 43.5 Å². The van der Waals surface area contributed by atoms with E-state index in [0.29, 0.717) is 5.75 Å². The van der Waals surface area contributed by atoms with Crippen molar-refractivity contribution in [2.24, 2.45) is 0 Å². The second kappa shape index (κ2) is 7.44. The lowest BCUT2D eigenvalue weighted by Crippen LogP contribution is -2.13. The molecule has 0 aliphatic carbocycles. The SMILES string of the molecule is COc1cc2c(cc1OC)-c1nc(-c3cccc(C)n3)c(-c3ccc4ncnn4c3)n1CC2. The summed E-state index contributed by atoms with van der Waals surface area (Å²) in [6, 6.07) is 14.1. The van der Waals surface area contributed by atoms with Gasteiger partial charge in [0, 0.05) is 29.6 Å². The van der Waals surface area contributed by atoms with Gasteiger partial charge in [-0.2, -0.15) is 5.10 Å². The van der Waals surface area contributed by atoms with Crippen LogP contribution in [0.25, 0.3) is 39.7 Å². The van der Waals surface area contributed by atoms with E-state index in [4.69, 9.17) is 19.4 Å². The molecule has 0 spiro atoms. The molecule has 0 unspecified atom stereocenters. The van der Waals surface area contributed by atoms with Crippen LogP contribution < -0.4 is 9.47 Å². The lowest BCUT2D eigenvalue weighted by atomic mass is 9.99. The zero-order valence-electron chi connectivity index (χ0n) is 18.6. The number of aryl methyl sites for hydroxylation is 2. The molecule has 1 aliphatic heterocycles. The first-order chi connectivity index (χ1) is 16.2. The molecule has 6 rings (SSSR count). The molecule has 0 fully saturated rings. The van der Waals surface area contributed by atoms with Gasteiger partial charge in [-0.05, 0) is 55.3 Å². The summed E-state index contributed by atoms with van der Waals surface area (Å²) in [6.07, 6.45) is 4.41. The smallest absolute Gasteiger partial charge is 0.161 e. The van der Waals surface area contributed by atoms with Crippen LogP contribution in [0.1, 0.15) is 11.3 Å². The number of imidazole rings is 1. The van der Waals surface area contributed by atoms with Crippen LogP contribution in [0.3, 0.4) is 0 Å². The lowest BCUT2D eigenvalue weighted by molar-refractivity contribution is 0.354. The van der Waals surface area contributed by atoms with Crippen molar-refractivity contribution < 1.29 is 9.47 Å². The van der Waals surface area contributed by atoms with E-state index in [9.17, 15) is 0 Å². The fourth-order valence-electron chi connectivity index (χ4n) is 4.55. The first-order valence-corrected chi connectivity index (χ1v) is 10.8. The number of fused-ring (bicyclic) bond motifs is 4. The van der Waals surface area contributed by atoms with Gasteiger partial charge in [0.25, 0.3) is 0 Å². The van der Waals surface area contributed by atoms with Crippen LogP contribution in [0.4, 0.5) is 0 Å². The monoisotopic (exact) mass is 438 g/mol. The molecule has 8 nitrogen and oxygen atoms in total. The number of aromatic nitrogens is 6. The number of nitrogens with zero attached hydrogens (tertiary/aromatic N) is 6. The van der Waals surface area contributed by atoms with Gasteiger partial charge < -0.3 is 14.0 Å². The second-order valence-electron chi connectivity index (χ2n) is 8.04. The molecule has 1 aromatic carbocycles. The number of pyridine rings is 2. The van der Waals surface area contributed by atoms with E-state index >= 15 is 0 Å². The largest absolute Gasteiger partial charge is 0.493 e. The van der Waals surface area contributed by atoms with Crippen molar-refractivity contribution in [3.63, 3.8) is 0 Å². The standard InChI is InChI=1S/C25H22N6O2/c1-15-5-4-6-19(28-15)23-24(17-7-8-22-26-14-27-31(22)13-17)30-10-9-16-11-20(32-2)21(33-3)12-18(16)25(30)29-23/h4-8,11-14H,9-10H2,1-3H3. The maximum Gasteiger partial charge on any atom is 0.161 e. The normalized spacial score (nSPS) is 12.5. The highest BCUT2D eigenvalue weighted by Gasteiger charge is 2.28. The maximum atomic E-state index is 5.59. The van der Waals surface area contributed by atoms with E-state index in [1.165, 1.54) is 5.56 Å². The number of hydrogen-bond acceptors (Lipinski definition) is 6. The summed E-state index contributed by atoms with van der Waals surface area (Å²) in [4.78, 5) is 14.2. The van der Waals surface area contributed by atoms with Gasteiger partial charge in [-0.3, -0.25) is 4.98 Å². The van der Waals surface area contributed by atoms with Gasteiger partial charge in [0.2, 0.25) is 0 Å². The van der Waals surface area contributed by atoms with Gasteiger partial charge in [0.1, 0.15) is 17.8 Å². The third-order valence-electron chi connectivity index (χ3n) is 6.10. The summed E-state index contributed by atoms with van der Waals surface area (Å²) in [5, 5.41) is 4.33. The van der Waals surface area contributed by atoms with Crippen molar-refractivity contribution in [2.45, 2.75) is 19.9 Å². The average molecular weight is 438 g/mol. The second-order valence-corrected chi connectivity index (χ2v) is 8.04. The Bertz CT molecular complexity index is 1520. The van der Waals surface area contributed by atoms with Crippen LogP contribution in [0.5, 0.6) is 11.5 Å². The van der Waals surface area contributed by atoms with E-state index in [1.54, 1.807) is 25.1 Å². The highest BCUT2D eigenvalue weighted by Crippen LogP contribution is 2.42. The molecule has 0 N–H and O–H groups in total. The lowest BCUT2D eigenvalue weighted by Gasteiger charge is -2.22. The molecular weight excluding hydrogens is 416 g/mol. The Balaban J connectivity index is 1.63. The van der Waals surface area contributed by atoms with Crippen LogP contribution in [0.2, 0.25) is 0 Å². The quantitative estimate of drug-likeness (QED) is 0.418. The summed E-state index contributed by atoms with van der Waals surface area (Å²) in [5.74, 6) is 2.31. The molecule has 33 heavy (non-hydrogen) atoms. The summed E-state index contributed by atoms with van der Waals surface area (Å²) in [5.41, 5.74) is 7.68. The van der Waals surface area contributed by atoms with Crippen molar-refractivity contribution in [3.8, 4) is 45.5 Å². The Morgan fingerprint density at radius 2 is 1.82 bits per heavy atom. The summed E-state index contributed by atoms with van der Waals surface area (Å²) in [7, 11) is 3.31. The maximum absolute atomic E-state index is 5.59. The van der Waals surface area contributed by atoms with E-state index < -0.39 is 0 Å². The number of rotatable bonds is 4. The molecule has 0 saturated heterocycles. The van der Waals surface area contributed by atoms with Crippen LogP contribution in [0.15, 0.2) is 55.0 Å². The minimum absolute atomic E-state index is 0.688. The van der Waals surface area contributed by atoms with Gasteiger partial charge in [0.15, 0.2) is 17.1 Å². The molecule has 0 bridgehead atoms. The number of methoxy groups -OCH3 is 2. The Hall–Kier alpha value is -4.20. The predicted octanol–water partition coefficient (Wildman–Crippen LogP) is 4.20. The fourth-order valence-corrected chi connectivity index (χ4v) is 4.55. The molecule has 0 saturated carbocycles. The minimum atomic E-state index is 0.688. The zero-order valence-corrected chi connectivity index (χ0v) is 18.6. The van der Waals surface area contributed by atoms with Crippen LogP contribution in [0, 0.1) is 6.92 Å². The third-order valence-corrected chi connectivity index (χ3v) is 6.10. The van der Waals surface area contributed by atoms with Crippen molar-refractivity contribution in [1.29, 1.82) is 0 Å². The van der Waals surface area contributed by atoms with Gasteiger partial charge in [-0.25, -0.2) is 14.5 Å². The van der Waals surface area contributed by atoms with Crippen LogP contribution in [-0.2, 0) is 13.0 Å². The topological polar surface area (TPSA) is 79.4 Å². The first-order valence-electron chi connectivity index (χ1n) is 10.8. The van der Waals surface area contributed by atoms with E-state index in [-0.39, 0.29) is 0 Å². The Labute approximate surface area is 190 Å². The molecule has 5 aromatic rings. The Morgan fingerprint density at radius 1 is 0.970 bits per heavy atom. The summed E-state index contributed by atoms with van der Waals surface area (Å²) < 4.78 is 15.2. The van der Waals surface area contributed by atoms with Crippen molar-refractivity contribution in [3.05, 3.63) is 66.2 Å². The highest BCUT2D eigenvalue weighted by molar-refractivity contribution is 5.82. The fraction of sp³-hybridized carbons (Fsp3) is 0.200. The Kier molecular flexibility index (Phi) is 4.39. The zero-order chi connectivity index (χ0) is 22.5. The Morgan fingerprint density at radius 3 is 2.64 bits per heavy atom. The minimum Gasteiger partial charge on any atom is -0.493 e. The summed E-state index contributed by atoms with van der Waals surface area (Å²) in [6.45, 7) is 2.79. The molecular formula is C25H22N6O2. The van der Waals surface area contributed by atoms with Crippen molar-refractivity contribution >= 4 is 5.65 Å². The van der Waals surface area contributed by atoms with Crippen LogP contribution >= 0.6 is 0 Å². The third kappa shape index (κ3) is 3.06. The molecule has 0 radical (unpaired) electrons. The number of hydrogen-bond donors (Lipinski definition) is 0. The molecule has 8 heteroatoms. The van der Waals surface area contributed by atoms with E-state index in [2.05, 4.69) is 26.8 Å². The molecule has 0 atom stereocenters. The summed E-state index contributed by atoms with van der Waals surface area (Å²) >= 11 is 0. The van der Waals surface area contributed by atoms with Gasteiger partial charge in [-0.15, -0.1) is 0 Å². The first kappa shape index (κ1) is 19.5. The average Bonchev–Trinajstić information content (AvgIpc) is 3.47. The van der Waals surface area contributed by atoms with Crippen LogP contribution in [-0.4, -0.2) is 43.4 Å². The molecule has 164 valence electrons. The molecule has 1 aliphatic rings. The molecule has 5 heterocycles. The number of ether oxygens (including phenoxy) is 2. The van der Waals surface area contributed by atoms with Gasteiger partial charge >= 0.3 is 0 Å². The van der Waals surface area contributed by atoms with Crippen molar-refractivity contribution in [2.75, 3.05) is 14.2 Å². The van der Waals surface area contributed by atoms with Gasteiger partial charge in [-0.1, -0.05) is 6.07 Å². The predicted molar refractivity (Wildman–Crippen MR) is 124 cm³/mol.